The number of hydrogen-bond donors (Lipinski definition) is 2. The molecule has 1 atom stereocenters. The van der Waals surface area contributed by atoms with Gasteiger partial charge >= 0.3 is 0 Å². The van der Waals surface area contributed by atoms with Crippen molar-refractivity contribution in [1.82, 2.24) is 10.2 Å². The Hall–Kier alpha value is -1.95. The van der Waals surface area contributed by atoms with Crippen molar-refractivity contribution in [2.45, 2.75) is 31.7 Å². The molecule has 1 fully saturated rings. The molecule has 0 radical (unpaired) electrons. The molecule has 2 amide bonds. The van der Waals surface area contributed by atoms with Gasteiger partial charge in [0.15, 0.2) is 0 Å². The topological polar surface area (TPSA) is 69.6 Å². The lowest BCUT2D eigenvalue weighted by Crippen LogP contribution is -2.38. The van der Waals surface area contributed by atoms with Crippen LogP contribution in [0.4, 0.5) is 4.39 Å². The van der Waals surface area contributed by atoms with Gasteiger partial charge in [0.25, 0.3) is 5.91 Å². The van der Waals surface area contributed by atoms with Gasteiger partial charge in [0, 0.05) is 25.1 Å². The Morgan fingerprint density at radius 1 is 1.32 bits per heavy atom. The highest BCUT2D eigenvalue weighted by Crippen LogP contribution is 2.17. The molecule has 1 heterocycles. The van der Waals surface area contributed by atoms with Gasteiger partial charge in [0.05, 0.1) is 12.6 Å². The van der Waals surface area contributed by atoms with Crippen LogP contribution in [0.3, 0.4) is 0 Å². The van der Waals surface area contributed by atoms with Gasteiger partial charge in [-0.05, 0) is 43.5 Å². The zero-order valence-electron chi connectivity index (χ0n) is 12.4. The van der Waals surface area contributed by atoms with E-state index < -0.39 is 0 Å². The number of carbonyl (C=O) groups excluding carboxylic acids is 2. The predicted molar refractivity (Wildman–Crippen MR) is 79.8 cm³/mol. The van der Waals surface area contributed by atoms with Crippen molar-refractivity contribution in [3.63, 3.8) is 0 Å². The van der Waals surface area contributed by atoms with Crippen LogP contribution >= 0.6 is 0 Å². The largest absolute Gasteiger partial charge is 0.394 e. The minimum atomic E-state index is -0.383. The maximum Gasteiger partial charge on any atom is 0.251 e. The molecule has 0 bridgehead atoms. The molecular weight excluding hydrogens is 287 g/mol. The van der Waals surface area contributed by atoms with E-state index in [4.69, 9.17) is 0 Å². The first-order valence-corrected chi connectivity index (χ1v) is 7.56. The van der Waals surface area contributed by atoms with Crippen LogP contribution in [0.5, 0.6) is 0 Å². The second kappa shape index (κ2) is 7.89. The second-order valence-electron chi connectivity index (χ2n) is 5.43. The van der Waals surface area contributed by atoms with Crippen LogP contribution < -0.4 is 5.32 Å². The summed E-state index contributed by atoms with van der Waals surface area (Å²) in [5, 5.41) is 11.9. The molecule has 1 saturated heterocycles. The molecule has 22 heavy (non-hydrogen) atoms. The summed E-state index contributed by atoms with van der Waals surface area (Å²) in [6.45, 7) is 1.10. The molecule has 0 aliphatic carbocycles. The number of aliphatic hydroxyl groups is 1. The number of nitrogens with zero attached hydrogens (tertiary/aromatic N) is 1. The summed E-state index contributed by atoms with van der Waals surface area (Å²) < 4.78 is 12.8. The van der Waals surface area contributed by atoms with Crippen molar-refractivity contribution in [3.05, 3.63) is 35.6 Å². The smallest absolute Gasteiger partial charge is 0.251 e. The van der Waals surface area contributed by atoms with E-state index in [1.165, 1.54) is 24.3 Å². The third-order valence-corrected chi connectivity index (χ3v) is 3.87. The Kier molecular flexibility index (Phi) is 5.89. The number of nitrogens with one attached hydrogen (secondary N) is 1. The summed E-state index contributed by atoms with van der Waals surface area (Å²) in [5.41, 5.74) is 0.396. The maximum atomic E-state index is 12.8. The molecule has 0 saturated carbocycles. The number of amides is 2. The van der Waals surface area contributed by atoms with Gasteiger partial charge in [0.2, 0.25) is 5.91 Å². The molecule has 120 valence electrons. The summed E-state index contributed by atoms with van der Waals surface area (Å²) >= 11 is 0. The number of likely N-dealkylation sites (tertiary alicyclic amines) is 1. The Morgan fingerprint density at radius 3 is 2.73 bits per heavy atom. The molecule has 1 aromatic carbocycles. The van der Waals surface area contributed by atoms with E-state index in [9.17, 15) is 19.1 Å². The van der Waals surface area contributed by atoms with E-state index in [2.05, 4.69) is 5.32 Å². The Balaban J connectivity index is 1.69. The quantitative estimate of drug-likeness (QED) is 0.779. The highest BCUT2D eigenvalue weighted by atomic mass is 19.1. The molecule has 1 aromatic rings. The van der Waals surface area contributed by atoms with Crippen molar-refractivity contribution in [1.29, 1.82) is 0 Å². The van der Waals surface area contributed by atoms with Gasteiger partial charge in [0.1, 0.15) is 5.82 Å². The molecule has 0 spiro atoms. The van der Waals surface area contributed by atoms with Gasteiger partial charge < -0.3 is 15.3 Å². The Morgan fingerprint density at radius 2 is 2.05 bits per heavy atom. The predicted octanol–water partition coefficient (Wildman–Crippen LogP) is 1.32. The van der Waals surface area contributed by atoms with E-state index in [0.717, 1.165) is 12.8 Å². The average molecular weight is 308 g/mol. The number of benzene rings is 1. The molecule has 1 aliphatic heterocycles. The van der Waals surface area contributed by atoms with Gasteiger partial charge in [-0.3, -0.25) is 9.59 Å². The van der Waals surface area contributed by atoms with Crippen LogP contribution in [0.25, 0.3) is 0 Å². The molecule has 5 nitrogen and oxygen atoms in total. The first-order chi connectivity index (χ1) is 10.6. The third kappa shape index (κ3) is 4.27. The van der Waals surface area contributed by atoms with E-state index >= 15 is 0 Å². The zero-order chi connectivity index (χ0) is 15.9. The molecular formula is C16H21FN2O3. The Labute approximate surface area is 129 Å². The Bertz CT molecular complexity index is 519. The van der Waals surface area contributed by atoms with Gasteiger partial charge in [-0.1, -0.05) is 0 Å². The van der Waals surface area contributed by atoms with Gasteiger partial charge in [-0.25, -0.2) is 4.39 Å². The lowest BCUT2D eigenvalue weighted by molar-refractivity contribution is -0.132. The second-order valence-corrected chi connectivity index (χ2v) is 5.43. The monoisotopic (exact) mass is 308 g/mol. The van der Waals surface area contributed by atoms with Crippen LogP contribution in [-0.4, -0.2) is 47.6 Å². The standard InChI is InChI=1S/C16H21FN2O3/c17-13-7-5-12(6-8-13)16(22)18-9-1-4-15(21)19-10-2-3-14(19)11-20/h5-8,14,20H,1-4,9-11H2,(H,18,22)/t14-/m1/s1. The molecule has 2 N–H and O–H groups in total. The zero-order valence-corrected chi connectivity index (χ0v) is 12.4. The highest BCUT2D eigenvalue weighted by Gasteiger charge is 2.27. The van der Waals surface area contributed by atoms with Gasteiger partial charge in [-0.15, -0.1) is 0 Å². The van der Waals surface area contributed by atoms with Gasteiger partial charge in [-0.2, -0.15) is 0 Å². The molecule has 6 heteroatoms. The molecule has 2 rings (SSSR count). The van der Waals surface area contributed by atoms with Crippen molar-refractivity contribution in [3.8, 4) is 0 Å². The number of aliphatic hydroxyl groups excluding tert-OH is 1. The van der Waals surface area contributed by atoms with E-state index in [-0.39, 0.29) is 30.3 Å². The third-order valence-electron chi connectivity index (χ3n) is 3.87. The lowest BCUT2D eigenvalue weighted by Gasteiger charge is -2.23. The fourth-order valence-electron chi connectivity index (χ4n) is 2.64. The van der Waals surface area contributed by atoms with Crippen molar-refractivity contribution in [2.24, 2.45) is 0 Å². The van der Waals surface area contributed by atoms with Crippen LogP contribution in [0.2, 0.25) is 0 Å². The van der Waals surface area contributed by atoms with Crippen molar-refractivity contribution in [2.75, 3.05) is 19.7 Å². The first-order valence-electron chi connectivity index (χ1n) is 7.56. The fourth-order valence-corrected chi connectivity index (χ4v) is 2.64. The SMILES string of the molecule is O=C(NCCCC(=O)N1CCC[C@@H]1CO)c1ccc(F)cc1. The maximum absolute atomic E-state index is 12.8. The van der Waals surface area contributed by atoms with Crippen LogP contribution in [-0.2, 0) is 4.79 Å². The highest BCUT2D eigenvalue weighted by molar-refractivity contribution is 5.94. The van der Waals surface area contributed by atoms with Crippen LogP contribution in [0, 0.1) is 5.82 Å². The summed E-state index contributed by atoms with van der Waals surface area (Å²) in [5.74, 6) is -0.638. The minimum absolute atomic E-state index is 0.00699. The first kappa shape index (κ1) is 16.4. The molecule has 1 aliphatic rings. The minimum Gasteiger partial charge on any atom is -0.394 e. The number of rotatable bonds is 6. The van der Waals surface area contributed by atoms with Crippen molar-refractivity contribution >= 4 is 11.8 Å². The normalized spacial score (nSPS) is 17.5. The molecule has 0 unspecified atom stereocenters. The van der Waals surface area contributed by atoms with Crippen LogP contribution in [0.1, 0.15) is 36.0 Å². The molecule has 0 aromatic heterocycles. The fraction of sp³-hybridized carbons (Fsp3) is 0.500. The number of halogens is 1. The summed E-state index contributed by atoms with van der Waals surface area (Å²) in [6, 6.07) is 5.26. The lowest BCUT2D eigenvalue weighted by atomic mass is 10.2. The summed E-state index contributed by atoms with van der Waals surface area (Å²) in [4.78, 5) is 25.5. The van der Waals surface area contributed by atoms with Crippen molar-refractivity contribution < 1.29 is 19.1 Å². The van der Waals surface area contributed by atoms with E-state index in [1.807, 2.05) is 0 Å². The number of carbonyl (C=O) groups is 2. The number of hydrogen-bond acceptors (Lipinski definition) is 3. The summed E-state index contributed by atoms with van der Waals surface area (Å²) in [6.07, 6.45) is 2.67. The van der Waals surface area contributed by atoms with Crippen LogP contribution in [0.15, 0.2) is 24.3 Å². The average Bonchev–Trinajstić information content (AvgIpc) is 3.00. The summed E-state index contributed by atoms with van der Waals surface area (Å²) in [7, 11) is 0. The van der Waals surface area contributed by atoms with E-state index in [0.29, 0.717) is 31.5 Å². The van der Waals surface area contributed by atoms with E-state index in [1.54, 1.807) is 4.90 Å².